The number of benzene rings is 1. The normalized spacial score (nSPS) is 25.8. The summed E-state index contributed by atoms with van der Waals surface area (Å²) in [5.41, 5.74) is 2.26. The second-order valence-electron chi connectivity index (χ2n) is 4.97. The number of nitrogens with zero attached hydrogens (tertiary/aromatic N) is 1. The van der Waals surface area contributed by atoms with E-state index in [0.29, 0.717) is 6.04 Å². The standard InChI is InChI=1S/C14H21NO/c1-11-7-8-12(2)15(9-11)14-6-4-3-5-13(14)10-16/h3-6,11-12,16H,7-10H2,1-2H3. The monoisotopic (exact) mass is 219 g/mol. The van der Waals surface area contributed by atoms with Crippen LogP contribution in [0.15, 0.2) is 24.3 Å². The summed E-state index contributed by atoms with van der Waals surface area (Å²) < 4.78 is 0. The van der Waals surface area contributed by atoms with Gasteiger partial charge >= 0.3 is 0 Å². The number of piperidine rings is 1. The molecule has 1 aromatic carbocycles. The lowest BCUT2D eigenvalue weighted by atomic mass is 9.94. The van der Waals surface area contributed by atoms with Crippen LogP contribution in [0.1, 0.15) is 32.3 Å². The Hall–Kier alpha value is -1.02. The molecule has 0 aromatic heterocycles. The zero-order valence-electron chi connectivity index (χ0n) is 10.2. The van der Waals surface area contributed by atoms with Crippen molar-refractivity contribution in [2.45, 2.75) is 39.3 Å². The Morgan fingerprint density at radius 2 is 2.00 bits per heavy atom. The highest BCUT2D eigenvalue weighted by molar-refractivity contribution is 5.54. The summed E-state index contributed by atoms with van der Waals surface area (Å²) >= 11 is 0. The molecule has 88 valence electrons. The fraction of sp³-hybridized carbons (Fsp3) is 0.571. The average molecular weight is 219 g/mol. The van der Waals surface area contributed by atoms with Gasteiger partial charge in [0.15, 0.2) is 0 Å². The predicted molar refractivity (Wildman–Crippen MR) is 67.6 cm³/mol. The lowest BCUT2D eigenvalue weighted by Crippen LogP contribution is -2.41. The van der Waals surface area contributed by atoms with Gasteiger partial charge in [-0.2, -0.15) is 0 Å². The van der Waals surface area contributed by atoms with E-state index < -0.39 is 0 Å². The molecule has 0 saturated carbocycles. The summed E-state index contributed by atoms with van der Waals surface area (Å²) in [5, 5.41) is 9.37. The van der Waals surface area contributed by atoms with Crippen LogP contribution in [0.25, 0.3) is 0 Å². The van der Waals surface area contributed by atoms with Crippen LogP contribution in [0.2, 0.25) is 0 Å². The van der Waals surface area contributed by atoms with Gasteiger partial charge in [0.2, 0.25) is 0 Å². The number of hydrogen-bond donors (Lipinski definition) is 1. The first-order valence-electron chi connectivity index (χ1n) is 6.17. The topological polar surface area (TPSA) is 23.5 Å². The van der Waals surface area contributed by atoms with Gasteiger partial charge in [-0.05, 0) is 31.7 Å². The first kappa shape index (κ1) is 11.5. The highest BCUT2D eigenvalue weighted by Crippen LogP contribution is 2.29. The van der Waals surface area contributed by atoms with E-state index in [2.05, 4.69) is 30.9 Å². The summed E-state index contributed by atoms with van der Waals surface area (Å²) in [6.45, 7) is 5.83. The van der Waals surface area contributed by atoms with E-state index in [1.807, 2.05) is 12.1 Å². The Morgan fingerprint density at radius 1 is 1.25 bits per heavy atom. The van der Waals surface area contributed by atoms with Crippen molar-refractivity contribution in [2.75, 3.05) is 11.4 Å². The van der Waals surface area contributed by atoms with E-state index in [0.717, 1.165) is 18.0 Å². The molecule has 2 atom stereocenters. The molecule has 0 bridgehead atoms. The SMILES string of the molecule is CC1CCC(C)N(c2ccccc2CO)C1. The summed E-state index contributed by atoms with van der Waals surface area (Å²) in [5.74, 6) is 0.753. The van der Waals surface area contributed by atoms with Crippen LogP contribution in [-0.4, -0.2) is 17.7 Å². The van der Waals surface area contributed by atoms with Gasteiger partial charge in [-0.15, -0.1) is 0 Å². The fourth-order valence-corrected chi connectivity index (χ4v) is 2.55. The maximum atomic E-state index is 9.37. The number of hydrogen-bond acceptors (Lipinski definition) is 2. The first-order valence-corrected chi connectivity index (χ1v) is 6.17. The minimum Gasteiger partial charge on any atom is -0.392 e. The Kier molecular flexibility index (Phi) is 3.49. The van der Waals surface area contributed by atoms with Crippen LogP contribution in [0, 0.1) is 5.92 Å². The summed E-state index contributed by atoms with van der Waals surface area (Å²) in [4.78, 5) is 2.44. The third-order valence-electron chi connectivity index (χ3n) is 3.59. The third kappa shape index (κ3) is 2.22. The third-order valence-corrected chi connectivity index (χ3v) is 3.59. The molecule has 1 fully saturated rings. The zero-order valence-corrected chi connectivity index (χ0v) is 10.2. The number of anilines is 1. The van der Waals surface area contributed by atoms with Gasteiger partial charge < -0.3 is 10.0 Å². The molecule has 2 rings (SSSR count). The van der Waals surface area contributed by atoms with Crippen LogP contribution >= 0.6 is 0 Å². The summed E-state index contributed by atoms with van der Waals surface area (Å²) in [7, 11) is 0. The van der Waals surface area contributed by atoms with Crippen LogP contribution in [-0.2, 0) is 6.61 Å². The molecule has 0 amide bonds. The molecule has 2 heteroatoms. The summed E-state index contributed by atoms with van der Waals surface area (Å²) in [6, 6.07) is 8.78. The van der Waals surface area contributed by atoms with Gasteiger partial charge in [-0.25, -0.2) is 0 Å². The molecule has 1 aliphatic rings. The second-order valence-corrected chi connectivity index (χ2v) is 4.97. The molecular weight excluding hydrogens is 198 g/mol. The zero-order chi connectivity index (χ0) is 11.5. The maximum Gasteiger partial charge on any atom is 0.0702 e. The predicted octanol–water partition coefficient (Wildman–Crippen LogP) is 2.80. The van der Waals surface area contributed by atoms with Crippen LogP contribution in [0.3, 0.4) is 0 Å². The highest BCUT2D eigenvalue weighted by Gasteiger charge is 2.24. The molecule has 2 unspecified atom stereocenters. The first-order chi connectivity index (χ1) is 7.72. The molecule has 1 N–H and O–H groups in total. The molecule has 1 aromatic rings. The minimum atomic E-state index is 0.133. The van der Waals surface area contributed by atoms with Gasteiger partial charge in [-0.3, -0.25) is 0 Å². The van der Waals surface area contributed by atoms with Gasteiger partial charge in [-0.1, -0.05) is 25.1 Å². The fourth-order valence-electron chi connectivity index (χ4n) is 2.55. The number of rotatable bonds is 2. The van der Waals surface area contributed by atoms with Crippen LogP contribution in [0.5, 0.6) is 0 Å². The van der Waals surface area contributed by atoms with E-state index in [4.69, 9.17) is 0 Å². The quantitative estimate of drug-likeness (QED) is 0.826. The molecule has 0 radical (unpaired) electrons. The van der Waals surface area contributed by atoms with Crippen LogP contribution in [0.4, 0.5) is 5.69 Å². The van der Waals surface area contributed by atoms with Crippen molar-refractivity contribution in [2.24, 2.45) is 5.92 Å². The van der Waals surface area contributed by atoms with Crippen molar-refractivity contribution in [3.8, 4) is 0 Å². The minimum absolute atomic E-state index is 0.133. The Morgan fingerprint density at radius 3 is 2.75 bits per heavy atom. The lowest BCUT2D eigenvalue weighted by Gasteiger charge is -2.39. The van der Waals surface area contributed by atoms with E-state index >= 15 is 0 Å². The molecule has 0 spiro atoms. The van der Waals surface area contributed by atoms with Crippen molar-refractivity contribution in [1.29, 1.82) is 0 Å². The van der Waals surface area contributed by atoms with E-state index in [1.165, 1.54) is 18.5 Å². The maximum absolute atomic E-state index is 9.37. The second kappa shape index (κ2) is 4.88. The van der Waals surface area contributed by atoms with Gasteiger partial charge in [0.1, 0.15) is 0 Å². The van der Waals surface area contributed by atoms with Crippen molar-refractivity contribution in [1.82, 2.24) is 0 Å². The smallest absolute Gasteiger partial charge is 0.0702 e. The van der Waals surface area contributed by atoms with Crippen molar-refractivity contribution in [3.63, 3.8) is 0 Å². The number of para-hydroxylation sites is 1. The Bertz CT molecular complexity index is 350. The molecule has 1 saturated heterocycles. The van der Waals surface area contributed by atoms with Crippen molar-refractivity contribution >= 4 is 5.69 Å². The highest BCUT2D eigenvalue weighted by atomic mass is 16.3. The molecule has 1 aliphatic heterocycles. The molecule has 16 heavy (non-hydrogen) atoms. The average Bonchev–Trinajstić information content (AvgIpc) is 2.32. The Balaban J connectivity index is 2.27. The Labute approximate surface area is 97.9 Å². The van der Waals surface area contributed by atoms with E-state index in [-0.39, 0.29) is 6.61 Å². The van der Waals surface area contributed by atoms with Crippen molar-refractivity contribution in [3.05, 3.63) is 29.8 Å². The van der Waals surface area contributed by atoms with Gasteiger partial charge in [0.25, 0.3) is 0 Å². The molecule has 2 nitrogen and oxygen atoms in total. The number of aliphatic hydroxyl groups is 1. The van der Waals surface area contributed by atoms with Gasteiger partial charge in [0.05, 0.1) is 6.61 Å². The van der Waals surface area contributed by atoms with Gasteiger partial charge in [0, 0.05) is 23.8 Å². The van der Waals surface area contributed by atoms with E-state index in [9.17, 15) is 5.11 Å². The number of aliphatic hydroxyl groups excluding tert-OH is 1. The summed E-state index contributed by atoms with van der Waals surface area (Å²) in [6.07, 6.45) is 2.57. The molecule has 1 heterocycles. The van der Waals surface area contributed by atoms with E-state index in [1.54, 1.807) is 0 Å². The lowest BCUT2D eigenvalue weighted by molar-refractivity contribution is 0.281. The molecular formula is C14H21NO. The van der Waals surface area contributed by atoms with Crippen LogP contribution < -0.4 is 4.90 Å². The largest absolute Gasteiger partial charge is 0.392 e. The van der Waals surface area contributed by atoms with Crippen molar-refractivity contribution < 1.29 is 5.11 Å². The molecule has 0 aliphatic carbocycles.